The Kier molecular flexibility index (Phi) is 12.0. The van der Waals surface area contributed by atoms with Gasteiger partial charge < -0.3 is 30.9 Å². The first-order valence-electron chi connectivity index (χ1n) is 15.8. The standard InChI is InChI=1S/C34H42N4O8/c1-3-5-7-19-36-33(43)25-11-8-10-23-27(21-45-34(44)46-38-30(41)16-17-31(38)42)26-20-22(14-15-24(26)32(23)25)37-29(40)13-9-12-28(39)35-18-6-4-2/h8,10-11,14-17,20,27,41-42H,3-7,9,12-13,18-19,21H2,1-2H3,(H,35,39)(H,36,43)(H,37,40). The van der Waals surface area contributed by atoms with Crippen LogP contribution in [0.5, 0.6) is 11.8 Å². The highest BCUT2D eigenvalue weighted by molar-refractivity contribution is 6.04. The lowest BCUT2D eigenvalue weighted by Gasteiger charge is -2.15. The molecule has 1 aliphatic rings. The number of ether oxygens (including phenoxy) is 1. The topological polar surface area (TPSA) is 168 Å². The van der Waals surface area contributed by atoms with E-state index in [1.165, 1.54) is 0 Å². The smallest absolute Gasteiger partial charge is 0.492 e. The SMILES string of the molecule is CCCCCNC(=O)c1cccc2c1-c1ccc(NC(=O)CCCC(=O)NCCCC)cc1C2COC(=O)On1c(O)ccc1O. The van der Waals surface area contributed by atoms with Gasteiger partial charge in [0.25, 0.3) is 5.91 Å². The van der Waals surface area contributed by atoms with Crippen molar-refractivity contribution < 1.29 is 39.0 Å². The number of aromatic nitrogens is 1. The van der Waals surface area contributed by atoms with Crippen LogP contribution in [0.1, 0.15) is 92.6 Å². The van der Waals surface area contributed by atoms with E-state index >= 15 is 0 Å². The molecule has 1 aromatic heterocycles. The summed E-state index contributed by atoms with van der Waals surface area (Å²) in [4.78, 5) is 55.5. The third-order valence-corrected chi connectivity index (χ3v) is 7.75. The molecule has 0 bridgehead atoms. The van der Waals surface area contributed by atoms with E-state index in [0.717, 1.165) is 60.9 Å². The molecule has 3 aromatic rings. The van der Waals surface area contributed by atoms with Crippen molar-refractivity contribution in [1.29, 1.82) is 0 Å². The van der Waals surface area contributed by atoms with Gasteiger partial charge in [0, 0.05) is 55.2 Å². The van der Waals surface area contributed by atoms with E-state index in [1.807, 2.05) is 19.1 Å². The van der Waals surface area contributed by atoms with E-state index in [4.69, 9.17) is 9.57 Å². The highest BCUT2D eigenvalue weighted by Crippen LogP contribution is 2.47. The lowest BCUT2D eigenvalue weighted by Crippen LogP contribution is -2.25. The number of carbonyl (C=O) groups is 4. The molecular formula is C34H42N4O8. The monoisotopic (exact) mass is 634 g/mol. The van der Waals surface area contributed by atoms with Gasteiger partial charge in [-0.1, -0.05) is 51.3 Å². The Morgan fingerprint density at radius 1 is 0.804 bits per heavy atom. The predicted molar refractivity (Wildman–Crippen MR) is 172 cm³/mol. The molecule has 46 heavy (non-hydrogen) atoms. The number of hydrogen-bond donors (Lipinski definition) is 5. The average molecular weight is 635 g/mol. The minimum Gasteiger partial charge on any atom is -0.492 e. The Morgan fingerprint density at radius 2 is 1.52 bits per heavy atom. The van der Waals surface area contributed by atoms with Crippen LogP contribution in [0.4, 0.5) is 10.5 Å². The van der Waals surface area contributed by atoms with Gasteiger partial charge in [-0.15, -0.1) is 4.73 Å². The fraction of sp³-hybridized carbons (Fsp3) is 0.412. The van der Waals surface area contributed by atoms with Crippen LogP contribution in [0.15, 0.2) is 48.5 Å². The Balaban J connectivity index is 1.52. The minimum absolute atomic E-state index is 0.0784. The quantitative estimate of drug-likeness (QED) is 0.106. The van der Waals surface area contributed by atoms with Crippen molar-refractivity contribution in [3.05, 3.63) is 65.2 Å². The lowest BCUT2D eigenvalue weighted by atomic mass is 9.96. The number of carbonyl (C=O) groups excluding carboxylic acids is 4. The second-order valence-corrected chi connectivity index (χ2v) is 11.2. The van der Waals surface area contributed by atoms with Crippen LogP contribution in [0.2, 0.25) is 0 Å². The molecule has 3 amide bonds. The molecule has 1 aliphatic carbocycles. The maximum Gasteiger partial charge on any atom is 0.534 e. The number of nitrogens with zero attached hydrogens (tertiary/aromatic N) is 1. The Hall–Kier alpha value is -5.00. The van der Waals surface area contributed by atoms with Crippen LogP contribution >= 0.6 is 0 Å². The molecule has 1 unspecified atom stereocenters. The van der Waals surface area contributed by atoms with Crippen molar-refractivity contribution in [3.63, 3.8) is 0 Å². The number of fused-ring (bicyclic) bond motifs is 3. The molecule has 12 heteroatoms. The first kappa shape index (κ1) is 33.9. The van der Waals surface area contributed by atoms with Crippen molar-refractivity contribution in [2.24, 2.45) is 0 Å². The first-order valence-corrected chi connectivity index (χ1v) is 15.8. The van der Waals surface area contributed by atoms with E-state index < -0.39 is 23.8 Å². The molecular weight excluding hydrogens is 592 g/mol. The number of nitrogens with one attached hydrogen (secondary N) is 3. The Morgan fingerprint density at radius 3 is 2.26 bits per heavy atom. The van der Waals surface area contributed by atoms with Crippen LogP contribution < -0.4 is 20.8 Å². The first-order chi connectivity index (χ1) is 22.2. The van der Waals surface area contributed by atoms with Gasteiger partial charge in [-0.25, -0.2) is 4.79 Å². The highest BCUT2D eigenvalue weighted by atomic mass is 16.8. The van der Waals surface area contributed by atoms with Crippen molar-refractivity contribution in [3.8, 4) is 22.9 Å². The summed E-state index contributed by atoms with van der Waals surface area (Å²) in [5.41, 5.74) is 3.96. The molecule has 5 N–H and O–H groups in total. The van der Waals surface area contributed by atoms with Gasteiger partial charge in [0.05, 0.1) is 0 Å². The zero-order valence-corrected chi connectivity index (χ0v) is 26.3. The van der Waals surface area contributed by atoms with Crippen LogP contribution in [-0.2, 0) is 14.3 Å². The van der Waals surface area contributed by atoms with Crippen molar-refractivity contribution in [2.45, 2.75) is 71.1 Å². The number of amides is 3. The summed E-state index contributed by atoms with van der Waals surface area (Å²) >= 11 is 0. The van der Waals surface area contributed by atoms with E-state index in [-0.39, 0.29) is 37.2 Å². The molecule has 246 valence electrons. The minimum atomic E-state index is -1.16. The summed E-state index contributed by atoms with van der Waals surface area (Å²) < 4.78 is 5.95. The normalized spacial score (nSPS) is 13.0. The highest BCUT2D eigenvalue weighted by Gasteiger charge is 2.33. The molecule has 0 saturated heterocycles. The van der Waals surface area contributed by atoms with Crippen LogP contribution in [0.25, 0.3) is 11.1 Å². The molecule has 1 heterocycles. The van der Waals surface area contributed by atoms with Gasteiger partial charge in [0.2, 0.25) is 23.6 Å². The van der Waals surface area contributed by atoms with E-state index in [2.05, 4.69) is 22.9 Å². The molecule has 0 aliphatic heterocycles. The maximum atomic E-state index is 13.3. The van der Waals surface area contributed by atoms with Gasteiger partial charge in [-0.3, -0.25) is 19.2 Å². The molecule has 0 fully saturated rings. The van der Waals surface area contributed by atoms with E-state index in [1.54, 1.807) is 24.3 Å². The average Bonchev–Trinajstić information content (AvgIpc) is 3.53. The van der Waals surface area contributed by atoms with Crippen molar-refractivity contribution in [2.75, 3.05) is 25.0 Å². The third kappa shape index (κ3) is 8.58. The predicted octanol–water partition coefficient (Wildman–Crippen LogP) is 5.22. The summed E-state index contributed by atoms with van der Waals surface area (Å²) in [6, 6.07) is 13.1. The maximum absolute atomic E-state index is 13.3. The second-order valence-electron chi connectivity index (χ2n) is 11.2. The number of aromatic hydroxyl groups is 2. The zero-order valence-electron chi connectivity index (χ0n) is 26.3. The van der Waals surface area contributed by atoms with Crippen molar-refractivity contribution >= 4 is 29.6 Å². The van der Waals surface area contributed by atoms with Gasteiger partial charge in [-0.2, -0.15) is 0 Å². The second kappa shape index (κ2) is 16.4. The largest absolute Gasteiger partial charge is 0.534 e. The third-order valence-electron chi connectivity index (χ3n) is 7.75. The number of unbranched alkanes of at least 4 members (excludes halogenated alkanes) is 3. The molecule has 12 nitrogen and oxygen atoms in total. The van der Waals surface area contributed by atoms with Crippen molar-refractivity contribution in [1.82, 2.24) is 15.4 Å². The molecule has 0 spiro atoms. The lowest BCUT2D eigenvalue weighted by molar-refractivity contribution is -0.121. The molecule has 4 rings (SSSR count). The van der Waals surface area contributed by atoms with Crippen LogP contribution in [-0.4, -0.2) is 58.5 Å². The van der Waals surface area contributed by atoms with Gasteiger partial charge in [0.15, 0.2) is 0 Å². The molecule has 0 radical (unpaired) electrons. The summed E-state index contributed by atoms with van der Waals surface area (Å²) in [7, 11) is 0. The van der Waals surface area contributed by atoms with E-state index in [9.17, 15) is 29.4 Å². The molecule has 0 saturated carbocycles. The summed E-state index contributed by atoms with van der Waals surface area (Å²) in [5.74, 6) is -2.02. The summed E-state index contributed by atoms with van der Waals surface area (Å²) in [5, 5.41) is 28.3. The van der Waals surface area contributed by atoms with Gasteiger partial charge >= 0.3 is 6.16 Å². The number of benzene rings is 2. The fourth-order valence-corrected chi connectivity index (χ4v) is 5.40. The zero-order chi connectivity index (χ0) is 33.1. The summed E-state index contributed by atoms with van der Waals surface area (Å²) in [6.07, 6.45) is 4.47. The van der Waals surface area contributed by atoms with E-state index in [0.29, 0.717) is 41.1 Å². The number of anilines is 1. The summed E-state index contributed by atoms with van der Waals surface area (Å²) in [6.45, 7) is 5.13. The molecule has 1 atom stereocenters. The Bertz CT molecular complexity index is 1530. The van der Waals surface area contributed by atoms with Gasteiger partial charge in [0.1, 0.15) is 6.61 Å². The number of hydrogen-bond acceptors (Lipinski definition) is 8. The van der Waals surface area contributed by atoms with Gasteiger partial charge in [-0.05, 0) is 59.7 Å². The molecule has 2 aromatic carbocycles. The van der Waals surface area contributed by atoms with Crippen LogP contribution in [0, 0.1) is 0 Å². The Labute approximate surface area is 268 Å². The number of rotatable bonds is 16. The van der Waals surface area contributed by atoms with Crippen LogP contribution in [0.3, 0.4) is 0 Å². The fourth-order valence-electron chi connectivity index (χ4n) is 5.40.